The molecule has 0 spiro atoms. The van der Waals surface area contributed by atoms with Crippen LogP contribution in [0.5, 0.6) is 0 Å². The molecule has 0 atom stereocenters. The van der Waals surface area contributed by atoms with Crippen LogP contribution in [0.1, 0.15) is 29.3 Å². The Kier molecular flexibility index (Phi) is 9.79. The van der Waals surface area contributed by atoms with Crippen LogP contribution in [0.4, 0.5) is 0 Å². The summed E-state index contributed by atoms with van der Waals surface area (Å²) in [5.74, 6) is -0.632. The van der Waals surface area contributed by atoms with Gasteiger partial charge in [0, 0.05) is 0 Å². The van der Waals surface area contributed by atoms with Gasteiger partial charge in [-0.1, -0.05) is 0 Å². The summed E-state index contributed by atoms with van der Waals surface area (Å²) in [6.07, 6.45) is 5.69. The van der Waals surface area contributed by atoms with Crippen LogP contribution in [0.2, 0.25) is 13.1 Å². The van der Waals surface area contributed by atoms with Crippen LogP contribution < -0.4 is 28.1 Å². The first-order valence-corrected chi connectivity index (χ1v) is 19.8. The molecule has 0 saturated heterocycles. The molecule has 2 rings (SSSR count). The van der Waals surface area contributed by atoms with Crippen molar-refractivity contribution in [3.05, 3.63) is 56.4 Å². The number of halogens is 2. The largest absolute Gasteiger partial charge is 1.00 e. The molecule has 22 heavy (non-hydrogen) atoms. The van der Waals surface area contributed by atoms with Crippen molar-refractivity contribution in [2.45, 2.75) is 33.4 Å². The number of benzene rings is 1. The number of aryl methyl sites for hydroxylation is 1. The van der Waals surface area contributed by atoms with Crippen LogP contribution in [-0.4, -0.2) is 11.9 Å². The van der Waals surface area contributed by atoms with Crippen molar-refractivity contribution >= 4 is 11.9 Å². The third-order valence-corrected chi connectivity index (χ3v) is 26.9. The van der Waals surface area contributed by atoms with Crippen LogP contribution in [-0.2, 0) is 20.9 Å². The van der Waals surface area contributed by atoms with Crippen molar-refractivity contribution in [1.29, 1.82) is 0 Å². The number of carbonyl (C=O) groups excluding carboxylic acids is 1. The summed E-state index contributed by atoms with van der Waals surface area (Å²) in [6.45, 7) is 8.93. The van der Waals surface area contributed by atoms with E-state index in [-0.39, 0.29) is 30.7 Å². The van der Waals surface area contributed by atoms with Crippen molar-refractivity contribution < 1.29 is 50.5 Å². The number of nitrogens with one attached hydrogen (secondary N) is 1. The monoisotopic (exact) mass is 522 g/mol. The van der Waals surface area contributed by atoms with E-state index in [2.05, 4.69) is 35.5 Å². The minimum absolute atomic E-state index is 0. The summed E-state index contributed by atoms with van der Waals surface area (Å²) in [5, 5.41) is 0. The van der Waals surface area contributed by atoms with E-state index in [1.54, 1.807) is 3.33 Å². The van der Waals surface area contributed by atoms with Crippen molar-refractivity contribution in [3.8, 4) is 0 Å². The minimum Gasteiger partial charge on any atom is -1.00 e. The molecule has 1 aliphatic carbocycles. The molecule has 0 radical (unpaired) electrons. The maximum absolute atomic E-state index is 12.5. The van der Waals surface area contributed by atoms with Crippen molar-refractivity contribution in [2.24, 2.45) is 0 Å². The molecule has 119 valence electrons. The Hall–Kier alpha value is -0.163. The van der Waals surface area contributed by atoms with Gasteiger partial charge in [0.25, 0.3) is 0 Å². The van der Waals surface area contributed by atoms with Gasteiger partial charge in [0.1, 0.15) is 0 Å². The number of rotatable bonds is 4. The summed E-state index contributed by atoms with van der Waals surface area (Å²) >= 11 is -2.12. The first-order valence-electron chi connectivity index (χ1n) is 7.10. The van der Waals surface area contributed by atoms with Crippen molar-refractivity contribution in [2.75, 3.05) is 0 Å². The fourth-order valence-corrected chi connectivity index (χ4v) is 21.8. The van der Waals surface area contributed by atoms with Gasteiger partial charge in [-0.15, -0.1) is 0 Å². The smallest absolute Gasteiger partial charge is 1.00 e. The van der Waals surface area contributed by atoms with E-state index >= 15 is 0 Å². The molecular formula is C16H22Cl2HfNOSi. The van der Waals surface area contributed by atoms with E-state index < -0.39 is 26.9 Å². The van der Waals surface area contributed by atoms with Crippen molar-refractivity contribution in [1.82, 2.24) is 3.30 Å². The number of hydrogen-bond donors (Lipinski definition) is 1. The topological polar surface area (TPSA) is 29.1 Å². The molecule has 1 aromatic rings. The Morgan fingerprint density at radius 2 is 1.82 bits per heavy atom. The molecule has 0 heterocycles. The predicted molar refractivity (Wildman–Crippen MR) is 84.0 cm³/mol. The van der Waals surface area contributed by atoms with Gasteiger partial charge < -0.3 is 24.8 Å². The molecule has 0 fully saturated rings. The molecular weight excluding hydrogens is 500 g/mol. The third kappa shape index (κ3) is 5.48. The van der Waals surface area contributed by atoms with E-state index in [0.717, 1.165) is 17.5 Å². The van der Waals surface area contributed by atoms with Crippen LogP contribution in [0, 0.1) is 6.92 Å². The first kappa shape index (κ1) is 21.8. The molecule has 2 nitrogen and oxygen atoms in total. The van der Waals surface area contributed by atoms with Crippen LogP contribution in [0.15, 0.2) is 45.3 Å². The average molecular weight is 522 g/mol. The molecule has 0 bridgehead atoms. The van der Waals surface area contributed by atoms with Gasteiger partial charge >= 0.3 is 131 Å². The second kappa shape index (κ2) is 9.86. The Morgan fingerprint density at radius 3 is 2.32 bits per heavy atom. The van der Waals surface area contributed by atoms with Crippen LogP contribution >= 0.6 is 0 Å². The number of carbonyl (C=O) groups is 1. The zero-order chi connectivity index (χ0) is 14.7. The maximum Gasteiger partial charge on any atom is -1.00 e. The summed E-state index contributed by atoms with van der Waals surface area (Å²) in [6, 6.07) is 7.87. The van der Waals surface area contributed by atoms with Crippen LogP contribution in [0.25, 0.3) is 0 Å². The molecule has 6 heteroatoms. The molecule has 1 aromatic carbocycles. The Balaban J connectivity index is 0.00000220. The predicted octanol–water partition coefficient (Wildman–Crippen LogP) is -2.52. The summed E-state index contributed by atoms with van der Waals surface area (Å²) < 4.78 is 5.05. The van der Waals surface area contributed by atoms with E-state index in [1.807, 2.05) is 31.2 Å². The first-order chi connectivity index (χ1) is 9.49. The fourth-order valence-electron chi connectivity index (χ4n) is 2.46. The Labute approximate surface area is 154 Å². The quantitative estimate of drug-likeness (QED) is 0.436. The molecule has 0 aromatic heterocycles. The zero-order valence-corrected chi connectivity index (χ0v) is 19.7. The van der Waals surface area contributed by atoms with E-state index in [9.17, 15) is 4.79 Å². The Bertz CT molecular complexity index is 587. The van der Waals surface area contributed by atoms with Gasteiger partial charge in [-0.2, -0.15) is 0 Å². The van der Waals surface area contributed by atoms with Gasteiger partial charge in [-0.3, -0.25) is 0 Å². The molecule has 0 aliphatic heterocycles. The van der Waals surface area contributed by atoms with Gasteiger partial charge in [0.05, 0.1) is 0 Å². The average Bonchev–Trinajstić information content (AvgIpc) is 2.82. The molecule has 1 aliphatic rings. The normalized spacial score (nSPS) is 12.8. The van der Waals surface area contributed by atoms with E-state index in [1.165, 1.54) is 5.57 Å². The number of hydrogen-bond acceptors (Lipinski definition) is 1. The van der Waals surface area contributed by atoms with Gasteiger partial charge in [-0.25, -0.2) is 0 Å². The standard InChI is InChI=1S/C8H9NO.C6H7.C2H7Si.2ClH.Hf/c1-6-4-2-3-5-7(6)8(9)10;1-6-4-2-3-5-6;1-3-2;;;/h2-5H,1H3,(H2,9,10);4-5H,2H2,1H3;3H,1-2H3;2*1H;/q;;;;;+3/p-3. The second-order valence-corrected chi connectivity index (χ2v) is 31.3. The minimum atomic E-state index is -2.12. The Morgan fingerprint density at radius 1 is 1.18 bits per heavy atom. The summed E-state index contributed by atoms with van der Waals surface area (Å²) in [5.41, 5.74) is 3.27. The fraction of sp³-hybridized carbons (Fsp3) is 0.312. The second-order valence-electron chi connectivity index (χ2n) is 5.66. The summed E-state index contributed by atoms with van der Waals surface area (Å²) in [4.78, 5) is 12.5. The van der Waals surface area contributed by atoms with E-state index in [4.69, 9.17) is 0 Å². The zero-order valence-electron chi connectivity index (χ0n) is 13.4. The van der Waals surface area contributed by atoms with Gasteiger partial charge in [0.2, 0.25) is 0 Å². The molecule has 0 unspecified atom stereocenters. The van der Waals surface area contributed by atoms with Crippen molar-refractivity contribution in [3.63, 3.8) is 0 Å². The molecule has 1 amide bonds. The van der Waals surface area contributed by atoms with Gasteiger partial charge in [0.15, 0.2) is 0 Å². The molecule has 0 saturated carbocycles. The van der Waals surface area contributed by atoms with Gasteiger partial charge in [-0.05, 0) is 0 Å². The number of allylic oxidation sites excluding steroid dienone is 4. The van der Waals surface area contributed by atoms with Crippen LogP contribution in [0.3, 0.4) is 0 Å². The van der Waals surface area contributed by atoms with E-state index in [0.29, 0.717) is 0 Å². The maximum atomic E-state index is 12.5. The molecule has 1 N–H and O–H groups in total. The number of amides is 1. The third-order valence-electron chi connectivity index (χ3n) is 3.61. The summed E-state index contributed by atoms with van der Waals surface area (Å²) in [7, 11) is 0. The SMILES string of the molecule is CC1=CC[C]([Hf+2]([NH]C(=O)c2ccccc2C)[SiH](C)C)=C1.[Cl-].[Cl-].